The monoisotopic (exact) mass is 233 g/mol. The van der Waals surface area contributed by atoms with Crippen LogP contribution >= 0.6 is 0 Å². The fraction of sp³-hybridized carbons (Fsp3) is 0.857. The number of ether oxygens (including phenoxy) is 1. The van der Waals surface area contributed by atoms with E-state index in [-0.39, 0.29) is 0 Å². The summed E-state index contributed by atoms with van der Waals surface area (Å²) in [6.07, 6.45) is 6.70. The third-order valence-electron chi connectivity index (χ3n) is 4.72. The Morgan fingerprint density at radius 2 is 2.18 bits per heavy atom. The quantitative estimate of drug-likeness (QED) is 0.643. The van der Waals surface area contributed by atoms with Crippen molar-refractivity contribution in [3.05, 3.63) is 11.3 Å². The first-order valence-electron chi connectivity index (χ1n) is 7.20. The summed E-state index contributed by atoms with van der Waals surface area (Å²) in [6, 6.07) is 0.625. The van der Waals surface area contributed by atoms with Gasteiger partial charge in [0.15, 0.2) is 0 Å². The Labute approximate surface area is 106 Å². The summed E-state index contributed by atoms with van der Waals surface area (Å²) in [5.74, 6) is 0.882. The lowest BCUT2D eigenvalue weighted by molar-refractivity contribution is -0.129. The van der Waals surface area contributed by atoms with Gasteiger partial charge in [0.25, 0.3) is 0 Å². The predicted octanol–water partition coefficient (Wildman–Crippen LogP) is 2.12. The van der Waals surface area contributed by atoms with E-state index in [1.54, 1.807) is 11.3 Å². The summed E-state index contributed by atoms with van der Waals surface area (Å²) in [5, 5.41) is 0. The lowest BCUT2D eigenvalue weighted by Gasteiger charge is -2.50. The van der Waals surface area contributed by atoms with E-state index in [9.17, 15) is 0 Å². The van der Waals surface area contributed by atoms with Gasteiger partial charge in [-0.25, -0.2) is 0 Å². The average molecular weight is 233 g/mol. The molecule has 0 aromatic carbocycles. The van der Waals surface area contributed by atoms with Crippen molar-refractivity contribution in [2.75, 3.05) is 13.2 Å². The number of rotatable bonds is 1. The lowest BCUT2D eigenvalue weighted by Crippen LogP contribution is -2.61. The molecule has 3 aliphatic rings. The molecule has 1 atom stereocenters. The van der Waals surface area contributed by atoms with E-state index >= 15 is 0 Å². The van der Waals surface area contributed by atoms with Gasteiger partial charge in [0.05, 0.1) is 18.8 Å². The molecule has 1 saturated heterocycles. The minimum Gasteiger partial charge on any atom is -0.376 e. The summed E-state index contributed by atoms with van der Waals surface area (Å²) in [6.45, 7) is 6.58. The summed E-state index contributed by atoms with van der Waals surface area (Å²) >= 11 is 0. The molecule has 2 heterocycles. The Bertz CT molecular complexity index is 346. The van der Waals surface area contributed by atoms with E-state index in [4.69, 9.17) is 4.74 Å². The fourth-order valence-electron chi connectivity index (χ4n) is 4.11. The molecule has 1 spiro atoms. The van der Waals surface area contributed by atoms with Gasteiger partial charge in [0, 0.05) is 11.7 Å². The van der Waals surface area contributed by atoms with E-state index in [1.165, 1.54) is 32.1 Å². The van der Waals surface area contributed by atoms with Gasteiger partial charge in [-0.1, -0.05) is 12.2 Å². The SMILES string of the molecule is BC1CCCC2=C(C1)CC1(COC1)N2C(C)C. The Morgan fingerprint density at radius 1 is 1.41 bits per heavy atom. The summed E-state index contributed by atoms with van der Waals surface area (Å²) in [7, 11) is 2.41. The molecular weight excluding hydrogens is 209 g/mol. The molecule has 3 heteroatoms. The van der Waals surface area contributed by atoms with Crippen LogP contribution in [0.1, 0.15) is 46.0 Å². The van der Waals surface area contributed by atoms with Crippen LogP contribution in [0, 0.1) is 0 Å². The van der Waals surface area contributed by atoms with Gasteiger partial charge in [-0.05, 0) is 45.1 Å². The smallest absolute Gasteiger partial charge is 0.105 e. The highest BCUT2D eigenvalue weighted by Gasteiger charge is 2.51. The topological polar surface area (TPSA) is 12.5 Å². The van der Waals surface area contributed by atoms with Crippen molar-refractivity contribution in [1.29, 1.82) is 0 Å². The molecule has 0 radical (unpaired) electrons. The predicted molar refractivity (Wildman–Crippen MR) is 72.9 cm³/mol. The molecule has 1 unspecified atom stereocenters. The van der Waals surface area contributed by atoms with Crippen LogP contribution in [-0.2, 0) is 4.74 Å². The molecule has 0 saturated carbocycles. The molecule has 0 aromatic rings. The minimum atomic E-state index is 0.357. The summed E-state index contributed by atoms with van der Waals surface area (Å²) < 4.78 is 5.54. The molecule has 0 aromatic heterocycles. The molecular formula is C14H24BNO. The van der Waals surface area contributed by atoms with Crippen LogP contribution in [0.5, 0.6) is 0 Å². The first kappa shape index (κ1) is 11.6. The van der Waals surface area contributed by atoms with Crippen LogP contribution in [-0.4, -0.2) is 37.5 Å². The maximum absolute atomic E-state index is 5.54. The molecule has 3 rings (SSSR count). The van der Waals surface area contributed by atoms with Gasteiger partial charge in [-0.3, -0.25) is 0 Å². The standard InChI is InChI=1S/C14H24BNO/c1-10(2)16-13-5-3-4-12(15)6-11(13)7-14(16)8-17-9-14/h10,12H,3-9,15H2,1-2H3. The maximum atomic E-state index is 5.54. The van der Waals surface area contributed by atoms with E-state index < -0.39 is 0 Å². The maximum Gasteiger partial charge on any atom is 0.105 e. The Hall–Kier alpha value is -0.435. The fourth-order valence-corrected chi connectivity index (χ4v) is 4.11. The van der Waals surface area contributed by atoms with Crippen LogP contribution in [0.2, 0.25) is 5.82 Å². The molecule has 17 heavy (non-hydrogen) atoms. The first-order chi connectivity index (χ1) is 8.12. The zero-order chi connectivity index (χ0) is 12.0. The largest absolute Gasteiger partial charge is 0.376 e. The second-order valence-electron chi connectivity index (χ2n) is 6.61. The number of nitrogens with zero attached hydrogens (tertiary/aromatic N) is 1. The minimum absolute atomic E-state index is 0.357. The van der Waals surface area contributed by atoms with Crippen molar-refractivity contribution in [3.63, 3.8) is 0 Å². The van der Waals surface area contributed by atoms with Crippen molar-refractivity contribution < 1.29 is 4.74 Å². The summed E-state index contributed by atoms with van der Waals surface area (Å²) in [5.41, 5.74) is 3.80. The van der Waals surface area contributed by atoms with E-state index in [1.807, 2.05) is 0 Å². The van der Waals surface area contributed by atoms with Crippen molar-refractivity contribution in [2.45, 2.75) is 63.3 Å². The second kappa shape index (κ2) is 4.05. The third kappa shape index (κ3) is 1.74. The Morgan fingerprint density at radius 3 is 2.76 bits per heavy atom. The van der Waals surface area contributed by atoms with Gasteiger partial charge >= 0.3 is 0 Å². The van der Waals surface area contributed by atoms with Crippen LogP contribution < -0.4 is 0 Å². The van der Waals surface area contributed by atoms with Crippen LogP contribution in [0.4, 0.5) is 0 Å². The molecule has 1 aliphatic carbocycles. The lowest BCUT2D eigenvalue weighted by atomic mass is 9.78. The van der Waals surface area contributed by atoms with Crippen molar-refractivity contribution in [2.24, 2.45) is 0 Å². The average Bonchev–Trinajstić information content (AvgIpc) is 2.43. The highest BCUT2D eigenvalue weighted by molar-refractivity contribution is 6.11. The zero-order valence-electron chi connectivity index (χ0n) is 11.5. The highest BCUT2D eigenvalue weighted by atomic mass is 16.5. The first-order valence-corrected chi connectivity index (χ1v) is 7.20. The molecule has 0 bridgehead atoms. The molecule has 0 amide bonds. The molecule has 1 fully saturated rings. The van der Waals surface area contributed by atoms with Gasteiger partial charge < -0.3 is 9.64 Å². The normalized spacial score (nSPS) is 31.7. The van der Waals surface area contributed by atoms with Crippen LogP contribution in [0.15, 0.2) is 11.3 Å². The van der Waals surface area contributed by atoms with Gasteiger partial charge in [0.2, 0.25) is 0 Å². The molecule has 0 N–H and O–H groups in total. The highest BCUT2D eigenvalue weighted by Crippen LogP contribution is 2.48. The zero-order valence-corrected chi connectivity index (χ0v) is 11.5. The van der Waals surface area contributed by atoms with Crippen molar-refractivity contribution >= 4 is 7.85 Å². The van der Waals surface area contributed by atoms with Crippen molar-refractivity contribution in [1.82, 2.24) is 4.90 Å². The number of hydrogen-bond donors (Lipinski definition) is 0. The van der Waals surface area contributed by atoms with E-state index in [2.05, 4.69) is 26.6 Å². The number of hydrogen-bond acceptors (Lipinski definition) is 2. The van der Waals surface area contributed by atoms with Crippen molar-refractivity contribution in [3.8, 4) is 0 Å². The van der Waals surface area contributed by atoms with E-state index in [0.29, 0.717) is 11.6 Å². The van der Waals surface area contributed by atoms with Crippen LogP contribution in [0.25, 0.3) is 0 Å². The van der Waals surface area contributed by atoms with Crippen LogP contribution in [0.3, 0.4) is 0 Å². The van der Waals surface area contributed by atoms with E-state index in [0.717, 1.165) is 19.0 Å². The molecule has 2 aliphatic heterocycles. The van der Waals surface area contributed by atoms with Gasteiger partial charge in [-0.2, -0.15) is 0 Å². The Kier molecular flexibility index (Phi) is 2.77. The third-order valence-corrected chi connectivity index (χ3v) is 4.72. The van der Waals surface area contributed by atoms with Gasteiger partial charge in [-0.15, -0.1) is 0 Å². The molecule has 2 nitrogen and oxygen atoms in total. The molecule has 94 valence electrons. The number of allylic oxidation sites excluding steroid dienone is 1. The second-order valence-corrected chi connectivity index (χ2v) is 6.61. The summed E-state index contributed by atoms with van der Waals surface area (Å²) in [4.78, 5) is 2.71. The Balaban J connectivity index is 1.91. The van der Waals surface area contributed by atoms with Gasteiger partial charge in [0.1, 0.15) is 7.85 Å².